The molecule has 4 rings (SSSR count). The fraction of sp³-hybridized carbons (Fsp3) is 0.259. The molecule has 170 valence electrons. The van der Waals surface area contributed by atoms with Crippen molar-refractivity contribution in [1.29, 1.82) is 0 Å². The van der Waals surface area contributed by atoms with E-state index in [1.165, 1.54) is 30.7 Å². The zero-order chi connectivity index (χ0) is 23.0. The van der Waals surface area contributed by atoms with Crippen LogP contribution in [0.1, 0.15) is 46.8 Å². The topological polar surface area (TPSA) is 61.4 Å². The molecular formula is C27H28FN3O2. The smallest absolute Gasteiger partial charge is 0.253 e. The van der Waals surface area contributed by atoms with Crippen LogP contribution in [0, 0.1) is 5.82 Å². The van der Waals surface area contributed by atoms with Gasteiger partial charge in [-0.05, 0) is 66.8 Å². The monoisotopic (exact) mass is 445 g/mol. The zero-order valence-electron chi connectivity index (χ0n) is 18.5. The number of nitrogens with one attached hydrogen (secondary N) is 2. The van der Waals surface area contributed by atoms with Gasteiger partial charge in [0, 0.05) is 30.9 Å². The predicted octanol–water partition coefficient (Wildman–Crippen LogP) is 4.92. The molecule has 2 N–H and O–H groups in total. The number of likely N-dealkylation sites (tertiary alicyclic amines) is 1. The minimum absolute atomic E-state index is 0.0787. The molecule has 1 fully saturated rings. The summed E-state index contributed by atoms with van der Waals surface area (Å²) in [5.74, 6) is -0.507. The van der Waals surface area contributed by atoms with E-state index in [9.17, 15) is 14.0 Å². The summed E-state index contributed by atoms with van der Waals surface area (Å²) < 4.78 is 13.2. The molecule has 1 saturated heterocycles. The number of nitrogens with zero attached hydrogens (tertiary/aromatic N) is 1. The van der Waals surface area contributed by atoms with Crippen LogP contribution in [-0.2, 0) is 11.3 Å². The maximum Gasteiger partial charge on any atom is 0.253 e. The summed E-state index contributed by atoms with van der Waals surface area (Å²) in [6.07, 6.45) is 3.31. The van der Waals surface area contributed by atoms with Gasteiger partial charge in [0.2, 0.25) is 5.91 Å². The van der Waals surface area contributed by atoms with Crippen LogP contribution in [0.25, 0.3) is 0 Å². The summed E-state index contributed by atoms with van der Waals surface area (Å²) in [5.41, 5.74) is 3.02. The van der Waals surface area contributed by atoms with Gasteiger partial charge in [0.05, 0.1) is 0 Å². The lowest BCUT2D eigenvalue weighted by Gasteiger charge is -2.26. The summed E-state index contributed by atoms with van der Waals surface area (Å²) in [6, 6.07) is 22.1. The number of anilines is 1. The standard InChI is InChI=1S/C27H28FN3O2/c28-23-13-15-24(16-14-23)30-26(32)25(21-7-3-1-4-8-21)29-19-20-9-11-22(12-10-20)27(33)31-17-5-2-6-18-31/h1,3-4,7-16,25,29H,2,5-6,17-19H2,(H,30,32). The van der Waals surface area contributed by atoms with Crippen LogP contribution in [0.3, 0.4) is 0 Å². The number of piperidine rings is 1. The molecule has 33 heavy (non-hydrogen) atoms. The van der Waals surface area contributed by atoms with E-state index in [-0.39, 0.29) is 17.6 Å². The van der Waals surface area contributed by atoms with Gasteiger partial charge in [-0.1, -0.05) is 42.5 Å². The Morgan fingerprint density at radius 3 is 2.18 bits per heavy atom. The Balaban J connectivity index is 1.42. The molecule has 0 spiro atoms. The lowest BCUT2D eigenvalue weighted by molar-refractivity contribution is -0.118. The lowest BCUT2D eigenvalue weighted by atomic mass is 10.0. The number of halogens is 1. The molecule has 6 heteroatoms. The molecular weight excluding hydrogens is 417 g/mol. The highest BCUT2D eigenvalue weighted by Crippen LogP contribution is 2.18. The lowest BCUT2D eigenvalue weighted by Crippen LogP contribution is -2.35. The van der Waals surface area contributed by atoms with Gasteiger partial charge in [0.25, 0.3) is 5.91 Å². The summed E-state index contributed by atoms with van der Waals surface area (Å²) in [6.45, 7) is 2.10. The normalized spacial score (nSPS) is 14.5. The van der Waals surface area contributed by atoms with Gasteiger partial charge in [-0.2, -0.15) is 0 Å². The second kappa shape index (κ2) is 10.9. The molecule has 2 amide bonds. The van der Waals surface area contributed by atoms with E-state index in [1.54, 1.807) is 0 Å². The van der Waals surface area contributed by atoms with Crippen LogP contribution < -0.4 is 10.6 Å². The van der Waals surface area contributed by atoms with Crippen molar-refractivity contribution in [3.63, 3.8) is 0 Å². The minimum atomic E-state index is -0.592. The molecule has 5 nitrogen and oxygen atoms in total. The second-order valence-electron chi connectivity index (χ2n) is 8.27. The van der Waals surface area contributed by atoms with Gasteiger partial charge >= 0.3 is 0 Å². The van der Waals surface area contributed by atoms with E-state index >= 15 is 0 Å². The first-order valence-electron chi connectivity index (χ1n) is 11.3. The fourth-order valence-electron chi connectivity index (χ4n) is 4.02. The van der Waals surface area contributed by atoms with Crippen LogP contribution in [0.5, 0.6) is 0 Å². The average molecular weight is 446 g/mol. The molecule has 0 aliphatic carbocycles. The molecule has 0 saturated carbocycles. The maximum atomic E-state index is 13.2. The number of rotatable bonds is 7. The van der Waals surface area contributed by atoms with E-state index in [4.69, 9.17) is 0 Å². The van der Waals surface area contributed by atoms with E-state index < -0.39 is 6.04 Å². The van der Waals surface area contributed by atoms with Crippen molar-refractivity contribution < 1.29 is 14.0 Å². The van der Waals surface area contributed by atoms with Gasteiger partial charge < -0.3 is 10.2 Å². The quantitative estimate of drug-likeness (QED) is 0.543. The highest BCUT2D eigenvalue weighted by atomic mass is 19.1. The van der Waals surface area contributed by atoms with Crippen LogP contribution >= 0.6 is 0 Å². The Morgan fingerprint density at radius 1 is 0.848 bits per heavy atom. The first kappa shape index (κ1) is 22.7. The highest BCUT2D eigenvalue weighted by Gasteiger charge is 2.21. The molecule has 1 aliphatic rings. The zero-order valence-corrected chi connectivity index (χ0v) is 18.5. The Kier molecular flexibility index (Phi) is 7.47. The van der Waals surface area contributed by atoms with Crippen molar-refractivity contribution in [3.8, 4) is 0 Å². The number of hydrogen-bond donors (Lipinski definition) is 2. The number of carbonyl (C=O) groups excluding carboxylic acids is 2. The van der Waals surface area contributed by atoms with Crippen molar-refractivity contribution >= 4 is 17.5 Å². The number of hydrogen-bond acceptors (Lipinski definition) is 3. The van der Waals surface area contributed by atoms with Gasteiger partial charge in [-0.15, -0.1) is 0 Å². The Labute approximate surface area is 193 Å². The third-order valence-corrected chi connectivity index (χ3v) is 5.86. The molecule has 3 aromatic rings. The maximum absolute atomic E-state index is 13.2. The van der Waals surface area contributed by atoms with Crippen molar-refractivity contribution in [3.05, 3.63) is 101 Å². The van der Waals surface area contributed by atoms with Crippen molar-refractivity contribution in [2.24, 2.45) is 0 Å². The first-order valence-corrected chi connectivity index (χ1v) is 11.3. The van der Waals surface area contributed by atoms with Gasteiger partial charge in [0.15, 0.2) is 0 Å². The highest BCUT2D eigenvalue weighted by molar-refractivity contribution is 5.95. The van der Waals surface area contributed by atoms with Gasteiger partial charge in [-0.3, -0.25) is 14.9 Å². The molecule has 1 unspecified atom stereocenters. The van der Waals surface area contributed by atoms with Crippen molar-refractivity contribution in [2.75, 3.05) is 18.4 Å². The van der Waals surface area contributed by atoms with Crippen molar-refractivity contribution in [2.45, 2.75) is 31.8 Å². The van der Waals surface area contributed by atoms with Gasteiger partial charge in [0.1, 0.15) is 11.9 Å². The third kappa shape index (κ3) is 6.05. The Bertz CT molecular complexity index is 1060. The molecule has 0 bridgehead atoms. The number of amides is 2. The van der Waals surface area contributed by atoms with Crippen LogP contribution in [-0.4, -0.2) is 29.8 Å². The third-order valence-electron chi connectivity index (χ3n) is 5.86. The molecule has 3 aromatic carbocycles. The van der Waals surface area contributed by atoms with Crippen LogP contribution in [0.2, 0.25) is 0 Å². The van der Waals surface area contributed by atoms with Crippen molar-refractivity contribution in [1.82, 2.24) is 10.2 Å². The predicted molar refractivity (Wildman–Crippen MR) is 127 cm³/mol. The molecule has 1 atom stereocenters. The number of carbonyl (C=O) groups is 2. The van der Waals surface area contributed by atoms with E-state index in [1.807, 2.05) is 59.5 Å². The number of benzene rings is 3. The Morgan fingerprint density at radius 2 is 1.52 bits per heavy atom. The van der Waals surface area contributed by atoms with E-state index in [0.717, 1.165) is 37.1 Å². The van der Waals surface area contributed by atoms with E-state index in [2.05, 4.69) is 10.6 Å². The Hall–Kier alpha value is -3.51. The summed E-state index contributed by atoms with van der Waals surface area (Å²) in [4.78, 5) is 27.6. The minimum Gasteiger partial charge on any atom is -0.339 e. The summed E-state index contributed by atoms with van der Waals surface area (Å²) >= 11 is 0. The summed E-state index contributed by atoms with van der Waals surface area (Å²) in [5, 5.41) is 6.16. The van der Waals surface area contributed by atoms with Crippen LogP contribution in [0.15, 0.2) is 78.9 Å². The summed E-state index contributed by atoms with van der Waals surface area (Å²) in [7, 11) is 0. The largest absolute Gasteiger partial charge is 0.339 e. The SMILES string of the molecule is O=C(Nc1ccc(F)cc1)C(NCc1ccc(C(=O)N2CCCCC2)cc1)c1ccccc1. The molecule has 0 aromatic heterocycles. The first-order chi connectivity index (χ1) is 16.1. The van der Waals surface area contributed by atoms with Gasteiger partial charge in [-0.25, -0.2) is 4.39 Å². The average Bonchev–Trinajstić information content (AvgIpc) is 2.87. The van der Waals surface area contributed by atoms with E-state index in [0.29, 0.717) is 17.8 Å². The molecule has 1 aliphatic heterocycles. The second-order valence-corrected chi connectivity index (χ2v) is 8.27. The fourth-order valence-corrected chi connectivity index (χ4v) is 4.02. The molecule has 0 radical (unpaired) electrons. The van der Waals surface area contributed by atoms with Crippen LogP contribution in [0.4, 0.5) is 10.1 Å². The molecule has 1 heterocycles.